The van der Waals surface area contributed by atoms with Gasteiger partial charge in [0.05, 0.1) is 0 Å². The van der Waals surface area contributed by atoms with Crippen molar-refractivity contribution in [2.45, 2.75) is 82.6 Å². The van der Waals surface area contributed by atoms with Crippen LogP contribution in [0.2, 0.25) is 0 Å². The van der Waals surface area contributed by atoms with Gasteiger partial charge in [0.15, 0.2) is 0 Å². The second-order valence-electron chi connectivity index (χ2n) is 4.72. The fourth-order valence-corrected chi connectivity index (χ4v) is 2.12. The van der Waals surface area contributed by atoms with Crippen LogP contribution in [0.4, 0.5) is 0 Å². The van der Waals surface area contributed by atoms with E-state index in [9.17, 15) is 0 Å². The summed E-state index contributed by atoms with van der Waals surface area (Å²) < 4.78 is 0. The molecular weight excluding hydrogens is 312 g/mol. The summed E-state index contributed by atoms with van der Waals surface area (Å²) >= 11 is 0. The lowest BCUT2D eigenvalue weighted by atomic mass is 10.0. The minimum absolute atomic E-state index is 1.25. The van der Waals surface area contributed by atoms with Crippen LogP contribution >= 0.6 is 0 Å². The third-order valence-electron chi connectivity index (χ3n) is 2.90. The van der Waals surface area contributed by atoms with E-state index in [1.165, 1.54) is 33.5 Å². The van der Waals surface area contributed by atoms with Crippen LogP contribution in [-0.2, 0) is 0 Å². The van der Waals surface area contributed by atoms with Crippen LogP contribution in [0, 0.1) is 6.92 Å². The Morgan fingerprint density at radius 1 is 0.538 bits per heavy atom. The summed E-state index contributed by atoms with van der Waals surface area (Å²) in [4.78, 5) is 0. The standard InChI is InChI=1S/C15H12.C3H8.4C2H6/c1-11-6-7-13-9-8-12-4-2-3-5-14(12)15(13)10-11;1-3-2;4*1-2/h2-10H,1H3;3H2,1-2H3;4*1-2H3. The molecule has 0 heteroatoms. The molecule has 0 saturated heterocycles. The Morgan fingerprint density at radius 3 is 1.42 bits per heavy atom. The van der Waals surface area contributed by atoms with Gasteiger partial charge in [-0.2, -0.15) is 0 Å². The summed E-state index contributed by atoms with van der Waals surface area (Å²) in [6.07, 6.45) is 1.25. The van der Waals surface area contributed by atoms with Gasteiger partial charge >= 0.3 is 0 Å². The first-order valence-corrected chi connectivity index (χ1v) is 10.6. The number of hydrogen-bond acceptors (Lipinski definition) is 0. The van der Waals surface area contributed by atoms with Crippen molar-refractivity contribution in [3.63, 3.8) is 0 Å². The van der Waals surface area contributed by atoms with Gasteiger partial charge in [0.2, 0.25) is 0 Å². The summed E-state index contributed by atoms with van der Waals surface area (Å²) in [5.41, 5.74) is 1.32. The lowest BCUT2D eigenvalue weighted by Crippen LogP contribution is -1.78. The number of rotatable bonds is 0. The molecule has 3 aromatic rings. The zero-order valence-corrected chi connectivity index (χ0v) is 19.4. The smallest absolute Gasteiger partial charge is 0.0103 e. The highest BCUT2D eigenvalue weighted by atomic mass is 14.0. The van der Waals surface area contributed by atoms with E-state index in [0.29, 0.717) is 0 Å². The van der Waals surface area contributed by atoms with Crippen molar-refractivity contribution < 1.29 is 0 Å². The molecule has 0 aliphatic rings. The van der Waals surface area contributed by atoms with Gasteiger partial charge in [-0.1, -0.05) is 136 Å². The lowest BCUT2D eigenvalue weighted by molar-refractivity contribution is 1.09. The van der Waals surface area contributed by atoms with E-state index in [-0.39, 0.29) is 0 Å². The highest BCUT2D eigenvalue weighted by molar-refractivity contribution is 6.07. The van der Waals surface area contributed by atoms with Crippen LogP contribution in [0.15, 0.2) is 54.6 Å². The first-order valence-electron chi connectivity index (χ1n) is 10.6. The average Bonchev–Trinajstić information content (AvgIpc) is 2.74. The fourth-order valence-electron chi connectivity index (χ4n) is 2.12. The maximum absolute atomic E-state index is 2.26. The summed E-state index contributed by atoms with van der Waals surface area (Å²) in [6.45, 7) is 22.4. The zero-order chi connectivity index (χ0) is 21.0. The number of aryl methyl sites for hydroxylation is 1. The number of benzene rings is 3. The second kappa shape index (κ2) is 21.2. The summed E-state index contributed by atoms with van der Waals surface area (Å²) in [5.74, 6) is 0. The molecule has 3 aromatic carbocycles. The van der Waals surface area contributed by atoms with E-state index in [0.717, 1.165) is 0 Å². The molecule has 0 nitrogen and oxygen atoms in total. The molecule has 0 radical (unpaired) electrons. The molecule has 0 aliphatic heterocycles. The van der Waals surface area contributed by atoms with Crippen molar-refractivity contribution in [3.8, 4) is 0 Å². The minimum atomic E-state index is 1.25. The van der Waals surface area contributed by atoms with Gasteiger partial charge in [-0.05, 0) is 28.5 Å². The molecule has 0 heterocycles. The molecule has 0 saturated carbocycles. The molecule has 0 spiro atoms. The quantitative estimate of drug-likeness (QED) is 0.351. The van der Waals surface area contributed by atoms with E-state index in [4.69, 9.17) is 0 Å². The number of fused-ring (bicyclic) bond motifs is 3. The normalized spacial score (nSPS) is 7.96. The molecule has 0 aromatic heterocycles. The third kappa shape index (κ3) is 10.2. The molecule has 0 atom stereocenters. The predicted molar refractivity (Wildman–Crippen MR) is 128 cm³/mol. The number of hydrogen-bond donors (Lipinski definition) is 0. The molecule has 0 aliphatic carbocycles. The Kier molecular flexibility index (Phi) is 23.6. The van der Waals surface area contributed by atoms with Crippen molar-refractivity contribution in [2.24, 2.45) is 0 Å². The minimum Gasteiger partial charge on any atom is -0.0683 e. The van der Waals surface area contributed by atoms with Crippen molar-refractivity contribution in [3.05, 3.63) is 60.2 Å². The molecule has 26 heavy (non-hydrogen) atoms. The second-order valence-corrected chi connectivity index (χ2v) is 4.72. The maximum atomic E-state index is 2.26. The van der Waals surface area contributed by atoms with Crippen molar-refractivity contribution in [1.29, 1.82) is 0 Å². The Morgan fingerprint density at radius 2 is 0.923 bits per heavy atom. The predicted octanol–water partition coefficient (Wildman–Crippen LogP) is 9.82. The van der Waals surface area contributed by atoms with Gasteiger partial charge in [-0.15, -0.1) is 0 Å². The van der Waals surface area contributed by atoms with Crippen LogP contribution in [0.5, 0.6) is 0 Å². The van der Waals surface area contributed by atoms with Gasteiger partial charge in [0.1, 0.15) is 0 Å². The van der Waals surface area contributed by atoms with Crippen LogP contribution in [0.1, 0.15) is 81.2 Å². The van der Waals surface area contributed by atoms with Gasteiger partial charge in [0.25, 0.3) is 0 Å². The Bertz CT molecular complexity index is 650. The topological polar surface area (TPSA) is 0 Å². The largest absolute Gasteiger partial charge is 0.0683 e. The van der Waals surface area contributed by atoms with Crippen LogP contribution < -0.4 is 0 Å². The summed E-state index contributed by atoms with van der Waals surface area (Å²) in [6, 6.07) is 19.5. The molecule has 0 fully saturated rings. The molecular formula is C26H44. The van der Waals surface area contributed by atoms with E-state index >= 15 is 0 Å². The molecule has 0 N–H and O–H groups in total. The Hall–Kier alpha value is -1.82. The van der Waals surface area contributed by atoms with Crippen LogP contribution in [0.25, 0.3) is 21.5 Å². The van der Waals surface area contributed by atoms with Crippen molar-refractivity contribution >= 4 is 21.5 Å². The van der Waals surface area contributed by atoms with E-state index in [1.54, 1.807) is 0 Å². The van der Waals surface area contributed by atoms with Crippen LogP contribution in [-0.4, -0.2) is 0 Å². The van der Waals surface area contributed by atoms with Crippen molar-refractivity contribution in [2.75, 3.05) is 0 Å². The molecule has 148 valence electrons. The van der Waals surface area contributed by atoms with Gasteiger partial charge < -0.3 is 0 Å². The highest BCUT2D eigenvalue weighted by Gasteiger charge is 1.99. The van der Waals surface area contributed by atoms with E-state index < -0.39 is 0 Å². The van der Waals surface area contributed by atoms with Crippen LogP contribution in [0.3, 0.4) is 0 Å². The summed E-state index contributed by atoms with van der Waals surface area (Å²) in [5, 5.41) is 5.33. The third-order valence-corrected chi connectivity index (χ3v) is 2.90. The first-order chi connectivity index (χ1) is 12.8. The Labute approximate surface area is 164 Å². The fraction of sp³-hybridized carbons (Fsp3) is 0.462. The van der Waals surface area contributed by atoms with E-state index in [2.05, 4.69) is 75.4 Å². The molecule has 0 bridgehead atoms. The zero-order valence-electron chi connectivity index (χ0n) is 19.4. The monoisotopic (exact) mass is 356 g/mol. The van der Waals surface area contributed by atoms with Gasteiger partial charge in [-0.25, -0.2) is 0 Å². The molecule has 0 unspecified atom stereocenters. The molecule has 3 rings (SSSR count). The Balaban J connectivity index is -0.000000414. The molecule has 0 amide bonds. The van der Waals surface area contributed by atoms with E-state index in [1.807, 2.05) is 55.4 Å². The van der Waals surface area contributed by atoms with Gasteiger partial charge in [-0.3, -0.25) is 0 Å². The maximum Gasteiger partial charge on any atom is -0.0103 e. The average molecular weight is 357 g/mol. The lowest BCUT2D eigenvalue weighted by Gasteiger charge is -2.04. The SMILES string of the molecule is CC.CC.CC.CC.CCC.Cc1ccc2ccc3ccccc3c2c1. The van der Waals surface area contributed by atoms with Gasteiger partial charge in [0, 0.05) is 0 Å². The summed E-state index contributed by atoms with van der Waals surface area (Å²) in [7, 11) is 0. The highest BCUT2D eigenvalue weighted by Crippen LogP contribution is 2.25. The van der Waals surface area contributed by atoms with Crippen molar-refractivity contribution in [1.82, 2.24) is 0 Å². The first kappa shape index (κ1) is 29.0.